The molecule has 0 aromatic carbocycles. The predicted octanol–water partition coefficient (Wildman–Crippen LogP) is 2.84. The van der Waals surface area contributed by atoms with Crippen molar-refractivity contribution in [1.82, 2.24) is 5.32 Å². The summed E-state index contributed by atoms with van der Waals surface area (Å²) in [6.07, 6.45) is 8.73. The lowest BCUT2D eigenvalue weighted by atomic mass is 9.84. The lowest BCUT2D eigenvalue weighted by Gasteiger charge is -2.25. The van der Waals surface area contributed by atoms with Gasteiger partial charge in [0.25, 0.3) is 0 Å². The summed E-state index contributed by atoms with van der Waals surface area (Å²) in [7, 11) is 0. The monoisotopic (exact) mass is 254 g/mol. The van der Waals surface area contributed by atoms with Crippen LogP contribution in [0.3, 0.4) is 0 Å². The van der Waals surface area contributed by atoms with E-state index < -0.39 is 0 Å². The fourth-order valence-electron chi connectivity index (χ4n) is 2.64. The molecule has 3 nitrogen and oxygen atoms in total. The van der Waals surface area contributed by atoms with Gasteiger partial charge in [0, 0.05) is 19.0 Å². The normalized spacial score (nSPS) is 24.2. The molecule has 0 unspecified atom stereocenters. The van der Waals surface area contributed by atoms with Crippen LogP contribution < -0.4 is 11.1 Å². The summed E-state index contributed by atoms with van der Waals surface area (Å²) in [6.45, 7) is 5.28. The maximum atomic E-state index is 11.7. The number of amides is 1. The van der Waals surface area contributed by atoms with Gasteiger partial charge < -0.3 is 11.1 Å². The first-order valence-corrected chi connectivity index (χ1v) is 7.60. The zero-order chi connectivity index (χ0) is 13.4. The van der Waals surface area contributed by atoms with Gasteiger partial charge in [-0.15, -0.1) is 0 Å². The Morgan fingerprint density at radius 2 is 1.94 bits per heavy atom. The molecule has 0 atom stereocenters. The average molecular weight is 254 g/mol. The summed E-state index contributed by atoms with van der Waals surface area (Å²) in [4.78, 5) is 11.7. The number of carbonyl (C=O) groups is 1. The zero-order valence-electron chi connectivity index (χ0n) is 12.1. The lowest BCUT2D eigenvalue weighted by molar-refractivity contribution is -0.121. The van der Waals surface area contributed by atoms with Crippen LogP contribution in [0.4, 0.5) is 0 Å². The van der Waals surface area contributed by atoms with E-state index in [9.17, 15) is 4.79 Å². The van der Waals surface area contributed by atoms with E-state index in [0.29, 0.717) is 12.5 Å². The second-order valence-corrected chi connectivity index (χ2v) is 6.21. The topological polar surface area (TPSA) is 55.1 Å². The van der Waals surface area contributed by atoms with E-state index in [-0.39, 0.29) is 5.91 Å². The fraction of sp³-hybridized carbons (Fsp3) is 0.933. The Balaban J connectivity index is 1.99. The van der Waals surface area contributed by atoms with Crippen LogP contribution >= 0.6 is 0 Å². The first-order chi connectivity index (χ1) is 8.58. The van der Waals surface area contributed by atoms with Crippen molar-refractivity contribution in [3.05, 3.63) is 0 Å². The van der Waals surface area contributed by atoms with Crippen LogP contribution in [0.1, 0.15) is 65.2 Å². The lowest BCUT2D eigenvalue weighted by Crippen LogP contribution is -2.28. The van der Waals surface area contributed by atoms with Crippen LogP contribution in [-0.2, 0) is 4.79 Å². The highest BCUT2D eigenvalue weighted by Crippen LogP contribution is 2.26. The number of hydrogen-bond donors (Lipinski definition) is 2. The molecule has 3 N–H and O–H groups in total. The molecule has 0 aromatic heterocycles. The second-order valence-electron chi connectivity index (χ2n) is 6.21. The molecule has 1 rings (SSSR count). The number of hydrogen-bond acceptors (Lipinski definition) is 2. The van der Waals surface area contributed by atoms with E-state index in [4.69, 9.17) is 5.73 Å². The summed E-state index contributed by atoms with van der Waals surface area (Å²) in [5, 5.41) is 3.02. The molecule has 1 amide bonds. The molecule has 0 aromatic rings. The van der Waals surface area contributed by atoms with Crippen LogP contribution in [0.25, 0.3) is 0 Å². The largest absolute Gasteiger partial charge is 0.356 e. The van der Waals surface area contributed by atoms with Gasteiger partial charge in [0.15, 0.2) is 0 Å². The molecule has 0 saturated heterocycles. The van der Waals surface area contributed by atoms with Crippen LogP contribution in [-0.4, -0.2) is 18.5 Å². The molecule has 1 fully saturated rings. The molecular weight excluding hydrogens is 224 g/mol. The Morgan fingerprint density at radius 1 is 1.28 bits per heavy atom. The summed E-state index contributed by atoms with van der Waals surface area (Å²) in [6, 6.07) is 0.408. The minimum atomic E-state index is 0.230. The van der Waals surface area contributed by atoms with E-state index in [2.05, 4.69) is 19.2 Å². The van der Waals surface area contributed by atoms with E-state index in [0.717, 1.165) is 44.1 Å². The van der Waals surface area contributed by atoms with Gasteiger partial charge in [0.2, 0.25) is 5.91 Å². The van der Waals surface area contributed by atoms with E-state index >= 15 is 0 Å². The number of carbonyl (C=O) groups excluding carboxylic acids is 1. The van der Waals surface area contributed by atoms with Crippen molar-refractivity contribution in [2.75, 3.05) is 6.54 Å². The third-order valence-electron chi connectivity index (χ3n) is 3.95. The van der Waals surface area contributed by atoms with Gasteiger partial charge >= 0.3 is 0 Å². The molecule has 0 aliphatic heterocycles. The molecule has 1 aliphatic carbocycles. The molecular formula is C15H30N2O. The molecule has 106 valence electrons. The number of rotatable bonds is 7. The quantitative estimate of drug-likeness (QED) is 0.686. The molecule has 0 radical (unpaired) electrons. The maximum Gasteiger partial charge on any atom is 0.220 e. The van der Waals surface area contributed by atoms with Gasteiger partial charge in [-0.05, 0) is 56.8 Å². The van der Waals surface area contributed by atoms with Crippen LogP contribution in [0.15, 0.2) is 0 Å². The Hall–Kier alpha value is -0.570. The maximum absolute atomic E-state index is 11.7. The van der Waals surface area contributed by atoms with Crippen molar-refractivity contribution in [1.29, 1.82) is 0 Å². The SMILES string of the molecule is CC(C)CCCNC(=O)CCC1CCC(N)CC1. The Labute approximate surface area is 112 Å². The first-order valence-electron chi connectivity index (χ1n) is 7.60. The van der Waals surface area contributed by atoms with Crippen molar-refractivity contribution in [2.45, 2.75) is 71.3 Å². The van der Waals surface area contributed by atoms with Gasteiger partial charge in [0.1, 0.15) is 0 Å². The van der Waals surface area contributed by atoms with E-state index in [1.807, 2.05) is 0 Å². The van der Waals surface area contributed by atoms with Crippen molar-refractivity contribution >= 4 is 5.91 Å². The minimum Gasteiger partial charge on any atom is -0.356 e. The Morgan fingerprint density at radius 3 is 2.56 bits per heavy atom. The van der Waals surface area contributed by atoms with Gasteiger partial charge in [-0.2, -0.15) is 0 Å². The predicted molar refractivity (Wildman–Crippen MR) is 76.2 cm³/mol. The molecule has 1 aliphatic rings. The van der Waals surface area contributed by atoms with Gasteiger partial charge in [-0.25, -0.2) is 0 Å². The first kappa shape index (κ1) is 15.5. The summed E-state index contributed by atoms with van der Waals surface area (Å²) in [5.74, 6) is 1.69. The number of nitrogens with one attached hydrogen (secondary N) is 1. The second kappa shape index (κ2) is 8.52. The third-order valence-corrected chi connectivity index (χ3v) is 3.95. The summed E-state index contributed by atoms with van der Waals surface area (Å²) < 4.78 is 0. The van der Waals surface area contributed by atoms with Crippen molar-refractivity contribution in [3.63, 3.8) is 0 Å². The standard InChI is InChI=1S/C15H30N2O/c1-12(2)4-3-11-17-15(18)10-7-13-5-8-14(16)9-6-13/h12-14H,3-11,16H2,1-2H3,(H,17,18). The smallest absolute Gasteiger partial charge is 0.220 e. The van der Waals surface area contributed by atoms with Crippen LogP contribution in [0.5, 0.6) is 0 Å². The van der Waals surface area contributed by atoms with Crippen LogP contribution in [0.2, 0.25) is 0 Å². The Kier molecular flexibility index (Phi) is 7.33. The van der Waals surface area contributed by atoms with Crippen molar-refractivity contribution in [3.8, 4) is 0 Å². The van der Waals surface area contributed by atoms with E-state index in [1.165, 1.54) is 19.3 Å². The molecule has 0 heterocycles. The van der Waals surface area contributed by atoms with Crippen LogP contribution in [0, 0.1) is 11.8 Å². The molecule has 3 heteroatoms. The summed E-state index contributed by atoms with van der Waals surface area (Å²) >= 11 is 0. The highest BCUT2D eigenvalue weighted by Gasteiger charge is 2.18. The third kappa shape index (κ3) is 7.00. The molecule has 0 bridgehead atoms. The van der Waals surface area contributed by atoms with Gasteiger partial charge in [-0.3, -0.25) is 4.79 Å². The molecule has 0 spiro atoms. The highest BCUT2D eigenvalue weighted by atomic mass is 16.1. The minimum absolute atomic E-state index is 0.230. The van der Waals surface area contributed by atoms with E-state index in [1.54, 1.807) is 0 Å². The Bertz CT molecular complexity index is 233. The fourth-order valence-corrected chi connectivity index (χ4v) is 2.64. The summed E-state index contributed by atoms with van der Waals surface area (Å²) in [5.41, 5.74) is 5.88. The van der Waals surface area contributed by atoms with Gasteiger partial charge in [0.05, 0.1) is 0 Å². The highest BCUT2D eigenvalue weighted by molar-refractivity contribution is 5.75. The molecule has 1 saturated carbocycles. The zero-order valence-corrected chi connectivity index (χ0v) is 12.1. The average Bonchev–Trinajstić information content (AvgIpc) is 2.34. The van der Waals surface area contributed by atoms with Gasteiger partial charge in [-0.1, -0.05) is 13.8 Å². The van der Waals surface area contributed by atoms with Crippen molar-refractivity contribution in [2.24, 2.45) is 17.6 Å². The van der Waals surface area contributed by atoms with Crippen molar-refractivity contribution < 1.29 is 4.79 Å². The molecule has 18 heavy (non-hydrogen) atoms. The number of nitrogens with two attached hydrogens (primary N) is 1.